The first-order valence-corrected chi connectivity index (χ1v) is 8.06. The Kier molecular flexibility index (Phi) is 6.99. The van der Waals surface area contributed by atoms with Crippen molar-refractivity contribution in [1.29, 1.82) is 0 Å². The Balaban J connectivity index is 2.60. The third-order valence-corrected chi connectivity index (χ3v) is 3.89. The Morgan fingerprint density at radius 2 is 2.11 bits per heavy atom. The predicted molar refractivity (Wildman–Crippen MR) is 85.4 cm³/mol. The molecule has 0 unspecified atom stereocenters. The van der Waals surface area contributed by atoms with Gasteiger partial charge in [-0.1, -0.05) is 22.4 Å². The second-order valence-electron chi connectivity index (χ2n) is 4.14. The Labute approximate surface area is 130 Å². The van der Waals surface area contributed by atoms with Crippen molar-refractivity contribution < 1.29 is 9.90 Å². The molecule has 0 bridgehead atoms. The van der Waals surface area contributed by atoms with E-state index in [4.69, 9.17) is 0 Å². The topological polar surface area (TPSA) is 40.5 Å². The van der Waals surface area contributed by atoms with Crippen molar-refractivity contribution in [3.63, 3.8) is 0 Å². The van der Waals surface area contributed by atoms with Crippen molar-refractivity contribution in [1.82, 2.24) is 4.90 Å². The molecule has 0 heterocycles. The summed E-state index contributed by atoms with van der Waals surface area (Å²) in [6.07, 6.45) is 3.20. The number of hydrogen-bond acceptors (Lipinski definition) is 2. The molecule has 0 radical (unpaired) electrons. The summed E-state index contributed by atoms with van der Waals surface area (Å²) in [6.45, 7) is 0.719. The van der Waals surface area contributed by atoms with Crippen molar-refractivity contribution in [2.45, 2.75) is 19.3 Å². The van der Waals surface area contributed by atoms with Crippen LogP contribution in [0.15, 0.2) is 18.2 Å². The second kappa shape index (κ2) is 7.99. The van der Waals surface area contributed by atoms with Crippen LogP contribution >= 0.6 is 38.5 Å². The third-order valence-electron chi connectivity index (χ3n) is 2.66. The molecule has 0 fully saturated rings. The molecular weight excluding hydrogens is 409 g/mol. The van der Waals surface area contributed by atoms with Crippen molar-refractivity contribution in [2.24, 2.45) is 0 Å². The van der Waals surface area contributed by atoms with E-state index in [1.165, 1.54) is 0 Å². The molecular formula is C13H17BrINO2. The van der Waals surface area contributed by atoms with Crippen molar-refractivity contribution in [2.75, 3.05) is 18.9 Å². The summed E-state index contributed by atoms with van der Waals surface area (Å²) < 4.78 is 0.946. The first-order valence-electron chi connectivity index (χ1n) is 5.86. The molecule has 18 heavy (non-hydrogen) atoms. The molecule has 0 aliphatic rings. The number of alkyl halides is 1. The zero-order valence-electron chi connectivity index (χ0n) is 10.3. The predicted octanol–water partition coefficient (Wildman–Crippen LogP) is 3.63. The summed E-state index contributed by atoms with van der Waals surface area (Å²) in [6, 6.07) is 5.06. The maximum absolute atomic E-state index is 12.1. The molecule has 0 aliphatic heterocycles. The van der Waals surface area contributed by atoms with Gasteiger partial charge in [-0.3, -0.25) is 4.79 Å². The number of carbonyl (C=O) groups excluding carboxylic acids is 1. The van der Waals surface area contributed by atoms with E-state index in [0.717, 1.165) is 34.7 Å². The van der Waals surface area contributed by atoms with Crippen LogP contribution in [-0.2, 0) is 0 Å². The van der Waals surface area contributed by atoms with Gasteiger partial charge in [-0.2, -0.15) is 0 Å². The first kappa shape index (κ1) is 15.8. The van der Waals surface area contributed by atoms with Gasteiger partial charge < -0.3 is 10.0 Å². The van der Waals surface area contributed by atoms with E-state index >= 15 is 0 Å². The number of aromatic hydroxyl groups is 1. The van der Waals surface area contributed by atoms with Crippen LogP contribution in [0.2, 0.25) is 0 Å². The van der Waals surface area contributed by atoms with E-state index in [0.29, 0.717) is 5.56 Å². The minimum atomic E-state index is -0.121. The van der Waals surface area contributed by atoms with Gasteiger partial charge in [0.05, 0.1) is 5.56 Å². The zero-order valence-corrected chi connectivity index (χ0v) is 14.1. The molecule has 1 aromatic rings. The quantitative estimate of drug-likeness (QED) is 0.429. The zero-order chi connectivity index (χ0) is 13.5. The van der Waals surface area contributed by atoms with Crippen molar-refractivity contribution >= 4 is 44.4 Å². The monoisotopic (exact) mass is 425 g/mol. The smallest absolute Gasteiger partial charge is 0.257 e. The summed E-state index contributed by atoms with van der Waals surface area (Å²) >= 11 is 5.52. The number of nitrogens with zero attached hydrogens (tertiary/aromatic N) is 1. The summed E-state index contributed by atoms with van der Waals surface area (Å²) in [5.74, 6) is -0.0717. The fourth-order valence-corrected chi connectivity index (χ4v) is 2.49. The Hall–Kier alpha value is -0.300. The van der Waals surface area contributed by atoms with E-state index in [2.05, 4.69) is 38.5 Å². The van der Waals surface area contributed by atoms with E-state index in [-0.39, 0.29) is 11.7 Å². The maximum Gasteiger partial charge on any atom is 0.257 e. The van der Waals surface area contributed by atoms with Gasteiger partial charge in [-0.25, -0.2) is 0 Å². The van der Waals surface area contributed by atoms with E-state index in [1.807, 2.05) is 0 Å². The van der Waals surface area contributed by atoms with Crippen LogP contribution in [0.4, 0.5) is 0 Å². The Morgan fingerprint density at radius 3 is 2.78 bits per heavy atom. The van der Waals surface area contributed by atoms with Gasteiger partial charge in [0, 0.05) is 22.5 Å². The number of hydrogen-bond donors (Lipinski definition) is 1. The number of unbranched alkanes of at least 4 members (excludes halogenated alkanes) is 2. The molecule has 0 saturated heterocycles. The van der Waals surface area contributed by atoms with E-state index < -0.39 is 0 Å². The maximum atomic E-state index is 12.1. The van der Waals surface area contributed by atoms with Crippen LogP contribution in [0.1, 0.15) is 29.6 Å². The number of phenols is 1. The van der Waals surface area contributed by atoms with E-state index in [1.54, 1.807) is 30.1 Å². The lowest BCUT2D eigenvalue weighted by atomic mass is 10.1. The van der Waals surface area contributed by atoms with Crippen LogP contribution in [0.25, 0.3) is 0 Å². The number of phenolic OH excluding ortho intramolecular Hbond substituents is 1. The van der Waals surface area contributed by atoms with Crippen LogP contribution in [-0.4, -0.2) is 34.8 Å². The van der Waals surface area contributed by atoms with Gasteiger partial charge in [0.25, 0.3) is 5.91 Å². The largest absolute Gasteiger partial charge is 0.507 e. The number of halogens is 2. The second-order valence-corrected chi connectivity index (χ2v) is 6.18. The highest BCUT2D eigenvalue weighted by atomic mass is 127. The molecule has 1 aromatic carbocycles. The fourth-order valence-electron chi connectivity index (χ4n) is 1.61. The SMILES string of the molecule is CN(CCCCCBr)C(=O)c1cc(I)ccc1O. The summed E-state index contributed by atoms with van der Waals surface area (Å²) in [7, 11) is 1.77. The average molecular weight is 426 g/mol. The molecule has 1 amide bonds. The molecule has 100 valence electrons. The highest BCUT2D eigenvalue weighted by molar-refractivity contribution is 14.1. The average Bonchev–Trinajstić information content (AvgIpc) is 2.36. The molecule has 0 spiro atoms. The molecule has 1 N–H and O–H groups in total. The number of carbonyl (C=O) groups is 1. The minimum absolute atomic E-state index is 0.0488. The van der Waals surface area contributed by atoms with Crippen LogP contribution in [0.3, 0.4) is 0 Å². The Bertz CT molecular complexity index is 412. The van der Waals surface area contributed by atoms with Gasteiger partial charge >= 0.3 is 0 Å². The van der Waals surface area contributed by atoms with Crippen molar-refractivity contribution in [3.8, 4) is 5.75 Å². The molecule has 0 aromatic heterocycles. The fraction of sp³-hybridized carbons (Fsp3) is 0.462. The van der Waals surface area contributed by atoms with Crippen molar-refractivity contribution in [3.05, 3.63) is 27.3 Å². The first-order chi connectivity index (χ1) is 8.56. The summed E-state index contributed by atoms with van der Waals surface area (Å²) in [5.41, 5.74) is 0.380. The molecule has 5 heteroatoms. The highest BCUT2D eigenvalue weighted by Crippen LogP contribution is 2.21. The number of rotatable bonds is 6. The summed E-state index contributed by atoms with van der Waals surface area (Å²) in [5, 5.41) is 10.7. The molecule has 0 aliphatic carbocycles. The van der Waals surface area contributed by atoms with Gasteiger partial charge in [0.15, 0.2) is 0 Å². The highest BCUT2D eigenvalue weighted by Gasteiger charge is 2.15. The third kappa shape index (κ3) is 4.76. The van der Waals surface area contributed by atoms with Crippen LogP contribution in [0.5, 0.6) is 5.75 Å². The van der Waals surface area contributed by atoms with E-state index in [9.17, 15) is 9.90 Å². The van der Waals surface area contributed by atoms with Crippen LogP contribution in [0, 0.1) is 3.57 Å². The van der Waals surface area contributed by atoms with Gasteiger partial charge in [0.2, 0.25) is 0 Å². The van der Waals surface area contributed by atoms with Gasteiger partial charge in [0.1, 0.15) is 5.75 Å². The minimum Gasteiger partial charge on any atom is -0.507 e. The standard InChI is InChI=1S/C13H17BrINO2/c1-16(8-4-2-3-7-14)13(18)11-9-10(15)5-6-12(11)17/h5-6,9,17H,2-4,7-8H2,1H3. The van der Waals surface area contributed by atoms with Crippen LogP contribution < -0.4 is 0 Å². The Morgan fingerprint density at radius 1 is 1.39 bits per heavy atom. The van der Waals surface area contributed by atoms with Gasteiger partial charge in [-0.15, -0.1) is 0 Å². The summed E-state index contributed by atoms with van der Waals surface area (Å²) in [4.78, 5) is 13.8. The lowest BCUT2D eigenvalue weighted by Crippen LogP contribution is -2.27. The number of benzene rings is 1. The normalized spacial score (nSPS) is 10.4. The molecule has 1 rings (SSSR count). The molecule has 3 nitrogen and oxygen atoms in total. The molecule has 0 atom stereocenters. The lowest BCUT2D eigenvalue weighted by molar-refractivity contribution is 0.0789. The molecule has 0 saturated carbocycles. The lowest BCUT2D eigenvalue weighted by Gasteiger charge is -2.17. The van der Waals surface area contributed by atoms with Gasteiger partial charge in [-0.05, 0) is 53.6 Å². The number of amides is 1.